The Kier molecular flexibility index (Phi) is 6.62. The molecule has 3 nitrogen and oxygen atoms in total. The van der Waals surface area contributed by atoms with E-state index in [9.17, 15) is 4.79 Å². The number of esters is 1. The van der Waals surface area contributed by atoms with E-state index in [0.717, 1.165) is 18.4 Å². The van der Waals surface area contributed by atoms with Gasteiger partial charge in [-0.15, -0.1) is 0 Å². The molecule has 0 spiro atoms. The second-order valence-electron chi connectivity index (χ2n) is 2.66. The van der Waals surface area contributed by atoms with Crippen LogP contribution in [0.25, 0.3) is 0 Å². The summed E-state index contributed by atoms with van der Waals surface area (Å²) in [6.07, 6.45) is 3.40. The lowest BCUT2D eigenvalue weighted by Crippen LogP contribution is -2.05. The van der Waals surface area contributed by atoms with Crippen molar-refractivity contribution in [2.75, 3.05) is 6.61 Å². The number of carbonyl (C=O) groups excluding carboxylic acids is 1. The second kappa shape index (κ2) is 7.35. The molecule has 0 aromatic carbocycles. The van der Waals surface area contributed by atoms with Crippen molar-refractivity contribution in [2.24, 2.45) is 0 Å². The number of rotatable bonds is 5. The SMILES string of the molecule is CCC/C(=C\C#N)CC(=O)OCC. The molecule has 0 fully saturated rings. The van der Waals surface area contributed by atoms with Crippen LogP contribution in [0.4, 0.5) is 0 Å². The molecule has 0 radical (unpaired) electrons. The van der Waals surface area contributed by atoms with Crippen LogP contribution in [-0.4, -0.2) is 12.6 Å². The van der Waals surface area contributed by atoms with Crippen LogP contribution in [0.2, 0.25) is 0 Å². The van der Waals surface area contributed by atoms with Crippen molar-refractivity contribution in [1.29, 1.82) is 5.26 Å². The largest absolute Gasteiger partial charge is 0.466 e. The van der Waals surface area contributed by atoms with Gasteiger partial charge in [-0.05, 0) is 18.9 Å². The van der Waals surface area contributed by atoms with Crippen LogP contribution in [0.3, 0.4) is 0 Å². The van der Waals surface area contributed by atoms with Gasteiger partial charge in [0.15, 0.2) is 0 Å². The fourth-order valence-electron chi connectivity index (χ4n) is 1.02. The molecule has 13 heavy (non-hydrogen) atoms. The fourth-order valence-corrected chi connectivity index (χ4v) is 1.02. The highest BCUT2D eigenvalue weighted by molar-refractivity contribution is 5.72. The van der Waals surface area contributed by atoms with Gasteiger partial charge in [-0.1, -0.05) is 13.3 Å². The molecule has 0 heterocycles. The van der Waals surface area contributed by atoms with Crippen molar-refractivity contribution >= 4 is 5.97 Å². The summed E-state index contributed by atoms with van der Waals surface area (Å²) in [6.45, 7) is 4.17. The molecule has 0 N–H and O–H groups in total. The number of carbonyl (C=O) groups is 1. The van der Waals surface area contributed by atoms with Crippen molar-refractivity contribution in [3.05, 3.63) is 11.6 Å². The maximum atomic E-state index is 11.0. The van der Waals surface area contributed by atoms with Gasteiger partial charge in [-0.3, -0.25) is 4.79 Å². The molecule has 0 aliphatic rings. The average molecular weight is 181 g/mol. The highest BCUT2D eigenvalue weighted by atomic mass is 16.5. The highest BCUT2D eigenvalue weighted by Gasteiger charge is 2.05. The molecule has 0 amide bonds. The molecule has 0 aromatic rings. The molecule has 0 atom stereocenters. The number of allylic oxidation sites excluding steroid dienone is 1. The number of ether oxygens (including phenoxy) is 1. The molecule has 72 valence electrons. The van der Waals surface area contributed by atoms with Gasteiger partial charge in [-0.2, -0.15) is 5.26 Å². The Morgan fingerprint density at radius 2 is 2.23 bits per heavy atom. The van der Waals surface area contributed by atoms with E-state index >= 15 is 0 Å². The lowest BCUT2D eigenvalue weighted by Gasteiger charge is -2.03. The van der Waals surface area contributed by atoms with E-state index in [0.29, 0.717) is 6.61 Å². The Morgan fingerprint density at radius 1 is 1.54 bits per heavy atom. The first-order valence-corrected chi connectivity index (χ1v) is 4.47. The van der Waals surface area contributed by atoms with E-state index in [1.807, 2.05) is 13.0 Å². The first-order valence-electron chi connectivity index (χ1n) is 4.47. The second-order valence-corrected chi connectivity index (χ2v) is 2.66. The maximum Gasteiger partial charge on any atom is 0.309 e. The van der Waals surface area contributed by atoms with Gasteiger partial charge in [0.1, 0.15) is 0 Å². The standard InChI is InChI=1S/C10H15NO2/c1-3-5-9(6-7-11)8-10(12)13-4-2/h6H,3-5,8H2,1-2H3/b9-6+. The van der Waals surface area contributed by atoms with E-state index in [1.165, 1.54) is 6.08 Å². The van der Waals surface area contributed by atoms with Crippen LogP contribution < -0.4 is 0 Å². The van der Waals surface area contributed by atoms with Crippen LogP contribution in [0.15, 0.2) is 11.6 Å². The number of hydrogen-bond donors (Lipinski definition) is 0. The van der Waals surface area contributed by atoms with Crippen molar-refractivity contribution in [1.82, 2.24) is 0 Å². The van der Waals surface area contributed by atoms with E-state index in [2.05, 4.69) is 0 Å². The van der Waals surface area contributed by atoms with Gasteiger partial charge in [-0.25, -0.2) is 0 Å². The van der Waals surface area contributed by atoms with E-state index in [1.54, 1.807) is 6.92 Å². The van der Waals surface area contributed by atoms with Crippen LogP contribution >= 0.6 is 0 Å². The molecule has 0 bridgehead atoms. The first kappa shape index (κ1) is 11.7. The molecule has 0 unspecified atom stereocenters. The highest BCUT2D eigenvalue weighted by Crippen LogP contribution is 2.09. The fraction of sp³-hybridized carbons (Fsp3) is 0.600. The van der Waals surface area contributed by atoms with E-state index < -0.39 is 0 Å². The molecule has 0 rings (SSSR count). The minimum atomic E-state index is -0.252. The third-order valence-electron chi connectivity index (χ3n) is 1.52. The molecule has 0 saturated carbocycles. The van der Waals surface area contributed by atoms with Gasteiger partial charge in [0, 0.05) is 6.08 Å². The topological polar surface area (TPSA) is 50.1 Å². The minimum absolute atomic E-state index is 0.245. The van der Waals surface area contributed by atoms with Crippen molar-refractivity contribution in [3.63, 3.8) is 0 Å². The van der Waals surface area contributed by atoms with Crippen LogP contribution in [-0.2, 0) is 9.53 Å². The summed E-state index contributed by atoms with van der Waals surface area (Å²) in [7, 11) is 0. The molecule has 0 saturated heterocycles. The monoisotopic (exact) mass is 181 g/mol. The molecule has 0 aliphatic carbocycles. The average Bonchev–Trinajstić information content (AvgIpc) is 2.05. The Hall–Kier alpha value is -1.30. The van der Waals surface area contributed by atoms with Crippen LogP contribution in [0.1, 0.15) is 33.1 Å². The Bertz CT molecular complexity index is 226. The summed E-state index contributed by atoms with van der Waals surface area (Å²) in [4.78, 5) is 11.0. The maximum absolute atomic E-state index is 11.0. The lowest BCUT2D eigenvalue weighted by molar-refractivity contribution is -0.142. The first-order chi connectivity index (χ1) is 6.24. The Balaban J connectivity index is 4.04. The summed E-state index contributed by atoms with van der Waals surface area (Å²) in [5, 5.41) is 8.43. The zero-order chi connectivity index (χ0) is 10.1. The zero-order valence-electron chi connectivity index (χ0n) is 8.17. The summed E-state index contributed by atoms with van der Waals surface area (Å²) >= 11 is 0. The van der Waals surface area contributed by atoms with Crippen molar-refractivity contribution in [2.45, 2.75) is 33.1 Å². The van der Waals surface area contributed by atoms with E-state index in [4.69, 9.17) is 10.00 Å². The zero-order valence-corrected chi connectivity index (χ0v) is 8.17. The quantitative estimate of drug-likeness (QED) is 0.482. The van der Waals surface area contributed by atoms with Crippen molar-refractivity contribution < 1.29 is 9.53 Å². The van der Waals surface area contributed by atoms with Gasteiger partial charge < -0.3 is 4.74 Å². The molecular weight excluding hydrogens is 166 g/mol. The molecule has 0 aliphatic heterocycles. The number of nitrogens with zero attached hydrogens (tertiary/aromatic N) is 1. The normalized spacial score (nSPS) is 10.7. The predicted octanol–water partition coefficient (Wildman–Crippen LogP) is 2.19. The third kappa shape index (κ3) is 5.92. The van der Waals surface area contributed by atoms with Crippen LogP contribution in [0, 0.1) is 11.3 Å². The predicted molar refractivity (Wildman–Crippen MR) is 49.9 cm³/mol. The van der Waals surface area contributed by atoms with Crippen LogP contribution in [0.5, 0.6) is 0 Å². The van der Waals surface area contributed by atoms with Gasteiger partial charge in [0.2, 0.25) is 0 Å². The summed E-state index contributed by atoms with van der Waals surface area (Å²) in [5.41, 5.74) is 0.850. The summed E-state index contributed by atoms with van der Waals surface area (Å²) in [6, 6.07) is 1.93. The van der Waals surface area contributed by atoms with Gasteiger partial charge in [0.25, 0.3) is 0 Å². The number of hydrogen-bond acceptors (Lipinski definition) is 3. The summed E-state index contributed by atoms with van der Waals surface area (Å²) in [5.74, 6) is -0.252. The van der Waals surface area contributed by atoms with E-state index in [-0.39, 0.29) is 12.4 Å². The molecule has 3 heteroatoms. The van der Waals surface area contributed by atoms with Gasteiger partial charge >= 0.3 is 5.97 Å². The third-order valence-corrected chi connectivity index (χ3v) is 1.52. The van der Waals surface area contributed by atoms with Crippen molar-refractivity contribution in [3.8, 4) is 6.07 Å². The number of nitriles is 1. The van der Waals surface area contributed by atoms with Gasteiger partial charge in [0.05, 0.1) is 19.1 Å². The lowest BCUT2D eigenvalue weighted by atomic mass is 10.1. The Morgan fingerprint density at radius 3 is 2.69 bits per heavy atom. The minimum Gasteiger partial charge on any atom is -0.466 e. The smallest absolute Gasteiger partial charge is 0.309 e. The summed E-state index contributed by atoms with van der Waals surface area (Å²) < 4.78 is 4.78. The Labute approximate surface area is 79.0 Å². The molecule has 0 aromatic heterocycles. The molecular formula is C10H15NO2.